The van der Waals surface area contributed by atoms with Crippen LogP contribution in [0.1, 0.15) is 19.8 Å². The second-order valence-electron chi connectivity index (χ2n) is 4.17. The Morgan fingerprint density at radius 2 is 2.12 bits per heavy atom. The van der Waals surface area contributed by atoms with Gasteiger partial charge in [0.2, 0.25) is 0 Å². The Hall–Kier alpha value is -0.930. The van der Waals surface area contributed by atoms with Crippen molar-refractivity contribution in [3.63, 3.8) is 0 Å². The van der Waals surface area contributed by atoms with Gasteiger partial charge in [0.05, 0.1) is 5.03 Å². The average Bonchev–Trinajstić information content (AvgIpc) is 2.76. The van der Waals surface area contributed by atoms with Crippen LogP contribution in [0.15, 0.2) is 35.4 Å². The monoisotopic (exact) mass is 248 g/mol. The smallest absolute Gasteiger partial charge is 0.0732 e. The molecule has 0 amide bonds. The molecule has 2 aromatic rings. The Bertz CT molecular complexity index is 417. The summed E-state index contributed by atoms with van der Waals surface area (Å²) < 4.78 is 0. The molecule has 0 saturated heterocycles. The number of hydrogen-bond acceptors (Lipinski definition) is 2. The van der Waals surface area contributed by atoms with Crippen LogP contribution < -0.4 is 5.32 Å². The lowest BCUT2D eigenvalue weighted by Gasteiger charge is -2.02. The third-order valence-electron chi connectivity index (χ3n) is 2.75. The first-order chi connectivity index (χ1) is 8.40. The first-order valence-corrected chi connectivity index (χ1v) is 7.30. The van der Waals surface area contributed by atoms with Crippen LogP contribution >= 0.6 is 11.8 Å². The van der Waals surface area contributed by atoms with Crippen molar-refractivity contribution in [1.82, 2.24) is 10.3 Å². The summed E-state index contributed by atoms with van der Waals surface area (Å²) in [6.07, 6.45) is 2.54. The van der Waals surface area contributed by atoms with Crippen LogP contribution in [0, 0.1) is 0 Å². The Morgan fingerprint density at radius 3 is 2.94 bits per heavy atom. The molecule has 0 radical (unpaired) electrons. The van der Waals surface area contributed by atoms with E-state index in [1.165, 1.54) is 28.8 Å². The van der Waals surface area contributed by atoms with Crippen molar-refractivity contribution in [1.29, 1.82) is 0 Å². The van der Waals surface area contributed by atoms with Gasteiger partial charge in [-0.15, -0.1) is 11.8 Å². The fourth-order valence-electron chi connectivity index (χ4n) is 1.78. The summed E-state index contributed by atoms with van der Waals surface area (Å²) in [5, 5.41) is 6.02. The minimum Gasteiger partial charge on any atom is -0.350 e. The largest absolute Gasteiger partial charge is 0.350 e. The fraction of sp³-hybridized carbons (Fsp3) is 0.429. The first-order valence-electron chi connectivity index (χ1n) is 6.31. The Morgan fingerprint density at radius 1 is 1.24 bits per heavy atom. The molecule has 0 aliphatic rings. The van der Waals surface area contributed by atoms with Crippen molar-refractivity contribution in [2.75, 3.05) is 18.8 Å². The van der Waals surface area contributed by atoms with Gasteiger partial charge in [0.25, 0.3) is 0 Å². The number of benzene rings is 1. The van der Waals surface area contributed by atoms with Crippen molar-refractivity contribution in [3.05, 3.63) is 30.3 Å². The SMILES string of the molecule is CCCCNCCSc1cc2ccccc2[nH]1. The Kier molecular flexibility index (Phi) is 4.95. The van der Waals surface area contributed by atoms with Crippen LogP contribution in [0.4, 0.5) is 0 Å². The summed E-state index contributed by atoms with van der Waals surface area (Å²) in [6.45, 7) is 4.45. The van der Waals surface area contributed by atoms with Gasteiger partial charge in [-0.3, -0.25) is 0 Å². The molecule has 0 aliphatic heterocycles. The van der Waals surface area contributed by atoms with Crippen LogP contribution in [0.2, 0.25) is 0 Å². The van der Waals surface area contributed by atoms with Gasteiger partial charge in [-0.2, -0.15) is 0 Å². The molecule has 0 bridgehead atoms. The number of fused-ring (bicyclic) bond motifs is 1. The highest BCUT2D eigenvalue weighted by molar-refractivity contribution is 7.99. The molecular weight excluding hydrogens is 228 g/mol. The number of hydrogen-bond donors (Lipinski definition) is 2. The number of aromatic amines is 1. The maximum Gasteiger partial charge on any atom is 0.0732 e. The van der Waals surface area contributed by atoms with Crippen LogP contribution in [0.3, 0.4) is 0 Å². The van der Waals surface area contributed by atoms with E-state index in [0.717, 1.165) is 18.8 Å². The molecular formula is C14H20N2S. The van der Waals surface area contributed by atoms with Crippen LogP contribution in [0.25, 0.3) is 10.9 Å². The van der Waals surface area contributed by atoms with Gasteiger partial charge in [-0.1, -0.05) is 31.5 Å². The second kappa shape index (κ2) is 6.72. The lowest BCUT2D eigenvalue weighted by atomic mass is 10.3. The molecule has 3 heteroatoms. The van der Waals surface area contributed by atoms with E-state index in [4.69, 9.17) is 0 Å². The van der Waals surface area contributed by atoms with E-state index >= 15 is 0 Å². The first kappa shape index (κ1) is 12.5. The van der Waals surface area contributed by atoms with E-state index in [1.807, 2.05) is 11.8 Å². The van der Waals surface area contributed by atoms with Crippen LogP contribution in [-0.4, -0.2) is 23.8 Å². The molecule has 0 atom stereocenters. The van der Waals surface area contributed by atoms with Gasteiger partial charge in [-0.05, 0) is 25.1 Å². The van der Waals surface area contributed by atoms with Gasteiger partial charge < -0.3 is 10.3 Å². The lowest BCUT2D eigenvalue weighted by molar-refractivity contribution is 0.666. The number of thioether (sulfide) groups is 1. The van der Waals surface area contributed by atoms with Crippen molar-refractivity contribution >= 4 is 22.7 Å². The zero-order valence-electron chi connectivity index (χ0n) is 10.3. The van der Waals surface area contributed by atoms with E-state index in [1.54, 1.807) is 0 Å². The summed E-state index contributed by atoms with van der Waals surface area (Å²) in [7, 11) is 0. The number of para-hydroxylation sites is 1. The minimum atomic E-state index is 1.08. The maximum atomic E-state index is 3.46. The molecule has 0 fully saturated rings. The molecule has 0 spiro atoms. The lowest BCUT2D eigenvalue weighted by Crippen LogP contribution is -2.18. The highest BCUT2D eigenvalue weighted by Crippen LogP contribution is 2.22. The van der Waals surface area contributed by atoms with Crippen LogP contribution in [-0.2, 0) is 0 Å². The Labute approximate surface area is 107 Å². The third-order valence-corrected chi connectivity index (χ3v) is 3.69. The summed E-state index contributed by atoms with van der Waals surface area (Å²) in [5.74, 6) is 1.12. The zero-order chi connectivity index (χ0) is 11.9. The van der Waals surface area contributed by atoms with E-state index in [-0.39, 0.29) is 0 Å². The average molecular weight is 248 g/mol. The number of nitrogens with one attached hydrogen (secondary N) is 2. The minimum absolute atomic E-state index is 1.08. The van der Waals surface area contributed by atoms with Crippen LogP contribution in [0.5, 0.6) is 0 Å². The molecule has 0 unspecified atom stereocenters. The Balaban J connectivity index is 1.75. The fourth-order valence-corrected chi connectivity index (χ4v) is 2.64. The maximum absolute atomic E-state index is 3.46. The molecule has 1 aromatic heterocycles. The molecule has 2 nitrogen and oxygen atoms in total. The van der Waals surface area contributed by atoms with Crippen molar-refractivity contribution in [3.8, 4) is 0 Å². The highest BCUT2D eigenvalue weighted by Gasteiger charge is 1.99. The topological polar surface area (TPSA) is 27.8 Å². The number of aromatic nitrogens is 1. The van der Waals surface area contributed by atoms with Crippen molar-refractivity contribution < 1.29 is 0 Å². The molecule has 92 valence electrons. The molecule has 0 aliphatic carbocycles. The number of rotatable bonds is 7. The third kappa shape index (κ3) is 3.79. The summed E-state index contributed by atoms with van der Waals surface area (Å²) in [4.78, 5) is 3.43. The van der Waals surface area contributed by atoms with E-state index in [0.29, 0.717) is 0 Å². The normalized spacial score (nSPS) is 11.1. The molecule has 1 aromatic carbocycles. The molecule has 17 heavy (non-hydrogen) atoms. The van der Waals surface area contributed by atoms with Gasteiger partial charge in [0, 0.05) is 23.2 Å². The number of unbranched alkanes of at least 4 members (excludes halogenated alkanes) is 1. The molecule has 2 N–H and O–H groups in total. The van der Waals surface area contributed by atoms with Gasteiger partial charge in [0.15, 0.2) is 0 Å². The molecule has 2 rings (SSSR count). The molecule has 1 heterocycles. The van der Waals surface area contributed by atoms with Crippen molar-refractivity contribution in [2.45, 2.75) is 24.8 Å². The zero-order valence-corrected chi connectivity index (χ0v) is 11.1. The standard InChI is InChI=1S/C14H20N2S/c1-2-3-8-15-9-10-17-14-11-12-6-4-5-7-13(12)16-14/h4-7,11,15-16H,2-3,8-10H2,1H3. The van der Waals surface area contributed by atoms with Gasteiger partial charge in [0.1, 0.15) is 0 Å². The summed E-state index contributed by atoms with van der Waals surface area (Å²) in [5.41, 5.74) is 1.23. The van der Waals surface area contributed by atoms with Gasteiger partial charge in [-0.25, -0.2) is 0 Å². The molecule has 0 saturated carbocycles. The van der Waals surface area contributed by atoms with E-state index in [9.17, 15) is 0 Å². The second-order valence-corrected chi connectivity index (χ2v) is 5.31. The summed E-state index contributed by atoms with van der Waals surface area (Å²) >= 11 is 1.89. The predicted molar refractivity (Wildman–Crippen MR) is 76.8 cm³/mol. The highest BCUT2D eigenvalue weighted by atomic mass is 32.2. The van der Waals surface area contributed by atoms with E-state index in [2.05, 4.69) is 47.6 Å². The van der Waals surface area contributed by atoms with Gasteiger partial charge >= 0.3 is 0 Å². The van der Waals surface area contributed by atoms with E-state index < -0.39 is 0 Å². The predicted octanol–water partition coefficient (Wildman–Crippen LogP) is 3.65. The number of H-pyrrole nitrogens is 1. The quantitative estimate of drug-likeness (QED) is 0.578. The summed E-state index contributed by atoms with van der Waals surface area (Å²) in [6, 6.07) is 10.6. The van der Waals surface area contributed by atoms with Crippen molar-refractivity contribution in [2.24, 2.45) is 0 Å².